The molecule has 0 bridgehead atoms. The molecule has 1 fully saturated rings. The molecule has 4 N–H and O–H groups in total. The average molecular weight is 344 g/mol. The van der Waals surface area contributed by atoms with Crippen LogP contribution in [-0.4, -0.2) is 43.9 Å². The lowest BCUT2D eigenvalue weighted by molar-refractivity contribution is -0.123. The molecule has 0 saturated heterocycles. The molecule has 2 aromatic rings. The molecule has 25 heavy (non-hydrogen) atoms. The number of hydrogen-bond donors (Lipinski definition) is 3. The Morgan fingerprint density at radius 1 is 1.48 bits per heavy atom. The lowest BCUT2D eigenvalue weighted by atomic mass is 9.75. The normalized spacial score (nSPS) is 22.6. The number of rotatable bonds is 5. The van der Waals surface area contributed by atoms with Crippen LogP contribution in [0.1, 0.15) is 30.0 Å². The van der Waals surface area contributed by atoms with Crippen molar-refractivity contribution in [2.45, 2.75) is 38.0 Å². The number of anilines is 1. The number of ether oxygens (including phenoxy) is 1. The summed E-state index contributed by atoms with van der Waals surface area (Å²) in [4.78, 5) is 12.4. The third-order valence-corrected chi connectivity index (χ3v) is 4.86. The van der Waals surface area contributed by atoms with E-state index in [1.54, 1.807) is 0 Å². The van der Waals surface area contributed by atoms with E-state index in [4.69, 9.17) is 10.5 Å². The second-order valence-electron chi connectivity index (χ2n) is 6.59. The van der Waals surface area contributed by atoms with Gasteiger partial charge in [-0.05, 0) is 52.4 Å². The Morgan fingerprint density at radius 3 is 3.04 bits per heavy atom. The number of amides is 1. The number of aromatic nitrogens is 4. The Bertz CT molecular complexity index is 786. The van der Waals surface area contributed by atoms with E-state index < -0.39 is 0 Å². The van der Waals surface area contributed by atoms with Crippen LogP contribution in [0, 0.1) is 5.92 Å². The van der Waals surface area contributed by atoms with Gasteiger partial charge in [0.1, 0.15) is 12.3 Å². The van der Waals surface area contributed by atoms with E-state index in [9.17, 15) is 9.90 Å². The minimum absolute atomic E-state index is 0.0430. The lowest BCUT2D eigenvalue weighted by Crippen LogP contribution is -2.42. The summed E-state index contributed by atoms with van der Waals surface area (Å²) in [6, 6.07) is 5.85. The van der Waals surface area contributed by atoms with Crippen LogP contribution in [0.5, 0.6) is 5.75 Å². The zero-order valence-corrected chi connectivity index (χ0v) is 13.6. The first-order valence-electron chi connectivity index (χ1n) is 8.35. The smallest absolute Gasteiger partial charge is 0.242 e. The van der Waals surface area contributed by atoms with Gasteiger partial charge in [0.05, 0.1) is 18.8 Å². The van der Waals surface area contributed by atoms with Gasteiger partial charge >= 0.3 is 0 Å². The van der Waals surface area contributed by atoms with Crippen LogP contribution in [-0.2, 0) is 17.8 Å². The monoisotopic (exact) mass is 344 g/mol. The van der Waals surface area contributed by atoms with Gasteiger partial charge in [-0.3, -0.25) is 4.79 Å². The maximum atomic E-state index is 12.4. The highest BCUT2D eigenvalue weighted by Gasteiger charge is 2.36. The molecule has 1 aliphatic heterocycles. The van der Waals surface area contributed by atoms with Gasteiger partial charge < -0.3 is 20.9 Å². The fraction of sp³-hybridized carbons (Fsp3) is 0.500. The van der Waals surface area contributed by atoms with Crippen molar-refractivity contribution in [2.24, 2.45) is 5.92 Å². The topological polar surface area (TPSA) is 128 Å². The van der Waals surface area contributed by atoms with Crippen molar-refractivity contribution in [1.82, 2.24) is 25.5 Å². The number of nitrogens with one attached hydrogen (secondary N) is 1. The number of aliphatic hydroxyl groups excluding tert-OH is 1. The highest BCUT2D eigenvalue weighted by atomic mass is 16.5. The van der Waals surface area contributed by atoms with E-state index in [1.165, 1.54) is 4.68 Å². The second-order valence-corrected chi connectivity index (χ2v) is 6.59. The van der Waals surface area contributed by atoms with Gasteiger partial charge in [-0.25, -0.2) is 4.68 Å². The van der Waals surface area contributed by atoms with E-state index in [1.807, 2.05) is 12.1 Å². The van der Waals surface area contributed by atoms with Crippen molar-refractivity contribution in [3.8, 4) is 5.75 Å². The number of nitrogen functional groups attached to an aromatic ring is 1. The molecule has 1 aliphatic carbocycles. The number of nitrogens with zero attached hydrogens (tertiary/aromatic N) is 4. The predicted octanol–water partition coefficient (Wildman–Crippen LogP) is -0.181. The van der Waals surface area contributed by atoms with Crippen LogP contribution >= 0.6 is 0 Å². The molecule has 1 atom stereocenters. The zero-order chi connectivity index (χ0) is 17.4. The standard InChI is InChI=1S/C16H20N6O3/c17-16-19-20-21-22(16)8-14(24)18-15(11-6-12(23)7-11)10-1-2-13-9(5-10)3-4-25-13/h1-2,5,11-12,15,23H,3-4,6-8H2,(H,18,24)(H2,17,19,21)/t11?,12?,15-/m0/s1. The number of carbonyl (C=O) groups excluding carboxylic acids is 1. The quantitative estimate of drug-likeness (QED) is 0.686. The first-order valence-corrected chi connectivity index (χ1v) is 8.35. The summed E-state index contributed by atoms with van der Waals surface area (Å²) in [5.74, 6) is 0.983. The summed E-state index contributed by atoms with van der Waals surface area (Å²) < 4.78 is 6.80. The maximum absolute atomic E-state index is 12.4. The summed E-state index contributed by atoms with van der Waals surface area (Å²) in [6.45, 7) is 0.648. The van der Waals surface area contributed by atoms with E-state index in [0.717, 1.165) is 23.3 Å². The van der Waals surface area contributed by atoms with Crippen molar-refractivity contribution in [3.63, 3.8) is 0 Å². The summed E-state index contributed by atoms with van der Waals surface area (Å²) in [6.07, 6.45) is 1.92. The van der Waals surface area contributed by atoms with Crippen molar-refractivity contribution < 1.29 is 14.6 Å². The van der Waals surface area contributed by atoms with Crippen molar-refractivity contribution in [2.75, 3.05) is 12.3 Å². The number of aliphatic hydroxyl groups is 1. The highest BCUT2D eigenvalue weighted by Crippen LogP contribution is 2.39. The van der Waals surface area contributed by atoms with E-state index in [2.05, 4.69) is 26.9 Å². The molecular formula is C16H20N6O3. The Hall–Kier alpha value is -2.68. The molecule has 2 aliphatic rings. The minimum Gasteiger partial charge on any atom is -0.493 e. The Kier molecular flexibility index (Phi) is 4.00. The SMILES string of the molecule is Nc1nnnn1CC(=O)N[C@@H](c1ccc2c(c1)CCO2)C1CC(O)C1. The number of hydrogen-bond acceptors (Lipinski definition) is 7. The number of tetrazole rings is 1. The number of carbonyl (C=O) groups is 1. The second kappa shape index (κ2) is 6.32. The van der Waals surface area contributed by atoms with Crippen LogP contribution in [0.3, 0.4) is 0 Å². The molecule has 2 heterocycles. The van der Waals surface area contributed by atoms with Crippen molar-refractivity contribution >= 4 is 11.9 Å². The summed E-state index contributed by atoms with van der Waals surface area (Å²) in [5.41, 5.74) is 7.79. The molecule has 0 radical (unpaired) electrons. The molecule has 9 heteroatoms. The van der Waals surface area contributed by atoms with Crippen LogP contribution < -0.4 is 15.8 Å². The molecule has 1 saturated carbocycles. The molecule has 1 amide bonds. The number of benzene rings is 1. The lowest BCUT2D eigenvalue weighted by Gasteiger charge is -2.38. The molecule has 1 aromatic heterocycles. The Morgan fingerprint density at radius 2 is 2.32 bits per heavy atom. The Balaban J connectivity index is 1.52. The molecular weight excluding hydrogens is 324 g/mol. The van der Waals surface area contributed by atoms with Crippen molar-refractivity contribution in [3.05, 3.63) is 29.3 Å². The molecule has 0 spiro atoms. The number of fused-ring (bicyclic) bond motifs is 1. The summed E-state index contributed by atoms with van der Waals surface area (Å²) in [5, 5.41) is 23.4. The van der Waals surface area contributed by atoms with Gasteiger partial charge in [0.2, 0.25) is 11.9 Å². The third-order valence-electron chi connectivity index (χ3n) is 4.86. The first kappa shape index (κ1) is 15.8. The fourth-order valence-electron chi connectivity index (χ4n) is 3.45. The van der Waals surface area contributed by atoms with E-state index >= 15 is 0 Å². The van der Waals surface area contributed by atoms with Gasteiger partial charge in [0, 0.05) is 6.42 Å². The minimum atomic E-state index is -0.294. The molecule has 1 aromatic carbocycles. The Labute approximate surface area is 144 Å². The van der Waals surface area contributed by atoms with Gasteiger partial charge in [-0.2, -0.15) is 0 Å². The number of nitrogens with two attached hydrogens (primary N) is 1. The zero-order valence-electron chi connectivity index (χ0n) is 13.6. The molecule has 132 valence electrons. The molecule has 9 nitrogen and oxygen atoms in total. The summed E-state index contributed by atoms with van der Waals surface area (Å²) in [7, 11) is 0. The van der Waals surface area contributed by atoms with Crippen LogP contribution in [0.2, 0.25) is 0 Å². The van der Waals surface area contributed by atoms with Crippen LogP contribution in [0.15, 0.2) is 18.2 Å². The van der Waals surface area contributed by atoms with Gasteiger partial charge in [0.25, 0.3) is 0 Å². The molecule has 4 rings (SSSR count). The van der Waals surface area contributed by atoms with Crippen molar-refractivity contribution in [1.29, 1.82) is 0 Å². The first-order chi connectivity index (χ1) is 12.1. The predicted molar refractivity (Wildman–Crippen MR) is 87.5 cm³/mol. The molecule has 0 unspecified atom stereocenters. The summed E-state index contributed by atoms with van der Waals surface area (Å²) >= 11 is 0. The van der Waals surface area contributed by atoms with Crippen LogP contribution in [0.4, 0.5) is 5.95 Å². The average Bonchev–Trinajstić information content (AvgIpc) is 3.18. The fourth-order valence-corrected chi connectivity index (χ4v) is 3.45. The van der Waals surface area contributed by atoms with E-state index in [-0.39, 0.29) is 36.5 Å². The largest absolute Gasteiger partial charge is 0.493 e. The van der Waals surface area contributed by atoms with Gasteiger partial charge in [-0.1, -0.05) is 11.2 Å². The maximum Gasteiger partial charge on any atom is 0.242 e. The van der Waals surface area contributed by atoms with Gasteiger partial charge in [0.15, 0.2) is 0 Å². The van der Waals surface area contributed by atoms with E-state index in [0.29, 0.717) is 19.4 Å². The van der Waals surface area contributed by atoms with Gasteiger partial charge in [-0.15, -0.1) is 0 Å². The van der Waals surface area contributed by atoms with Crippen LogP contribution in [0.25, 0.3) is 0 Å². The highest BCUT2D eigenvalue weighted by molar-refractivity contribution is 5.76. The third kappa shape index (κ3) is 3.14.